The van der Waals surface area contributed by atoms with Gasteiger partial charge in [-0.05, 0) is 44.9 Å². The molecular weight excluding hydrogens is 264 g/mol. The highest BCUT2D eigenvalue weighted by Gasteiger charge is 2.14. The third kappa shape index (κ3) is 3.10. The fraction of sp³-hybridized carbons (Fsp3) is 0.353. The molecule has 0 fully saturated rings. The van der Waals surface area contributed by atoms with Gasteiger partial charge in [-0.3, -0.25) is 9.59 Å². The zero-order valence-electron chi connectivity index (χ0n) is 12.9. The van der Waals surface area contributed by atoms with E-state index in [4.69, 9.17) is 0 Å². The van der Waals surface area contributed by atoms with Gasteiger partial charge in [0.1, 0.15) is 0 Å². The highest BCUT2D eigenvalue weighted by Crippen LogP contribution is 2.22. The van der Waals surface area contributed by atoms with E-state index in [9.17, 15) is 9.59 Å². The molecule has 1 aromatic carbocycles. The maximum atomic E-state index is 12.2. The second-order valence-electron chi connectivity index (χ2n) is 5.35. The maximum Gasteiger partial charge on any atom is 0.277 e. The number of carbonyl (C=O) groups excluding carboxylic acids is 1. The predicted molar refractivity (Wildman–Crippen MR) is 83.7 cm³/mol. The third-order valence-electron chi connectivity index (χ3n) is 3.46. The van der Waals surface area contributed by atoms with E-state index in [0.29, 0.717) is 12.2 Å². The molecule has 1 heterocycles. The minimum Gasteiger partial charge on any atom is -0.294 e. The largest absolute Gasteiger partial charge is 0.294 e. The van der Waals surface area contributed by atoms with Crippen LogP contribution < -0.4 is 5.56 Å². The van der Waals surface area contributed by atoms with Crippen LogP contribution in [0.15, 0.2) is 29.1 Å². The van der Waals surface area contributed by atoms with Gasteiger partial charge in [0, 0.05) is 12.1 Å². The van der Waals surface area contributed by atoms with Crippen molar-refractivity contribution in [2.24, 2.45) is 0 Å². The highest BCUT2D eigenvalue weighted by atomic mass is 16.1. The summed E-state index contributed by atoms with van der Waals surface area (Å²) in [6.45, 7) is 7.92. The van der Waals surface area contributed by atoms with Crippen LogP contribution in [0, 0.1) is 13.8 Å². The summed E-state index contributed by atoms with van der Waals surface area (Å²) in [5.41, 5.74) is 3.73. The van der Waals surface area contributed by atoms with Crippen molar-refractivity contribution < 1.29 is 4.79 Å². The lowest BCUT2D eigenvalue weighted by molar-refractivity contribution is 0.101. The number of ketones is 1. The number of benzene rings is 1. The van der Waals surface area contributed by atoms with E-state index in [2.05, 4.69) is 5.10 Å². The molecule has 1 aromatic heterocycles. The summed E-state index contributed by atoms with van der Waals surface area (Å²) in [7, 11) is 0. The Bertz CT molecular complexity index is 745. The molecule has 0 radical (unpaired) electrons. The van der Waals surface area contributed by atoms with Crippen LogP contribution in [0.3, 0.4) is 0 Å². The Hall–Kier alpha value is -2.23. The first-order chi connectivity index (χ1) is 9.93. The standard InChI is InChI=1S/C17H20N2O2/c1-5-8-19-17(21)15(13(4)20)10-16(18-19)14-9-11(2)6-7-12(14)3/h6-7,9-10H,5,8H2,1-4H3. The van der Waals surface area contributed by atoms with Crippen LogP contribution in [0.25, 0.3) is 11.3 Å². The van der Waals surface area contributed by atoms with Crippen LogP contribution in [0.5, 0.6) is 0 Å². The van der Waals surface area contributed by atoms with E-state index < -0.39 is 0 Å². The van der Waals surface area contributed by atoms with Crippen LogP contribution in [0.2, 0.25) is 0 Å². The summed E-state index contributed by atoms with van der Waals surface area (Å²) < 4.78 is 1.40. The Morgan fingerprint density at radius 1 is 1.24 bits per heavy atom. The first-order valence-electron chi connectivity index (χ1n) is 7.14. The summed E-state index contributed by atoms with van der Waals surface area (Å²) in [4.78, 5) is 23.9. The predicted octanol–water partition coefficient (Wildman–Crippen LogP) is 3.14. The average Bonchev–Trinajstić information content (AvgIpc) is 2.43. The van der Waals surface area contributed by atoms with Gasteiger partial charge in [-0.1, -0.05) is 24.6 Å². The molecular formula is C17H20N2O2. The summed E-state index contributed by atoms with van der Waals surface area (Å²) in [6, 6.07) is 7.70. The third-order valence-corrected chi connectivity index (χ3v) is 3.46. The molecule has 2 rings (SSSR count). The smallest absolute Gasteiger partial charge is 0.277 e. The van der Waals surface area contributed by atoms with Crippen LogP contribution in [-0.2, 0) is 6.54 Å². The molecule has 0 bridgehead atoms. The van der Waals surface area contributed by atoms with Crippen LogP contribution >= 0.6 is 0 Å². The van der Waals surface area contributed by atoms with Crippen molar-refractivity contribution in [1.29, 1.82) is 0 Å². The monoisotopic (exact) mass is 284 g/mol. The fourth-order valence-corrected chi connectivity index (χ4v) is 2.30. The topological polar surface area (TPSA) is 52.0 Å². The fourth-order valence-electron chi connectivity index (χ4n) is 2.30. The van der Waals surface area contributed by atoms with Crippen molar-refractivity contribution in [2.75, 3.05) is 0 Å². The number of aromatic nitrogens is 2. The van der Waals surface area contributed by atoms with Gasteiger partial charge in [0.25, 0.3) is 5.56 Å². The molecule has 0 saturated heterocycles. The first kappa shape index (κ1) is 15.2. The number of Topliss-reactive ketones (excluding diaryl/α,β-unsaturated/α-hetero) is 1. The van der Waals surface area contributed by atoms with E-state index in [1.165, 1.54) is 11.6 Å². The van der Waals surface area contributed by atoms with Crippen molar-refractivity contribution in [3.8, 4) is 11.3 Å². The van der Waals surface area contributed by atoms with Crippen LogP contribution in [0.4, 0.5) is 0 Å². The number of rotatable bonds is 4. The number of hydrogen-bond donors (Lipinski definition) is 0. The van der Waals surface area contributed by atoms with Crippen molar-refractivity contribution in [2.45, 2.75) is 40.7 Å². The number of hydrogen-bond acceptors (Lipinski definition) is 3. The van der Waals surface area contributed by atoms with Crippen molar-refractivity contribution >= 4 is 5.78 Å². The number of nitrogens with zero attached hydrogens (tertiary/aromatic N) is 2. The number of aryl methyl sites for hydroxylation is 3. The summed E-state index contributed by atoms with van der Waals surface area (Å²) in [6.07, 6.45) is 0.792. The zero-order valence-corrected chi connectivity index (χ0v) is 12.9. The minimum atomic E-state index is -0.307. The zero-order chi connectivity index (χ0) is 15.6. The van der Waals surface area contributed by atoms with Crippen molar-refractivity contribution in [3.63, 3.8) is 0 Å². The molecule has 0 atom stereocenters. The quantitative estimate of drug-likeness (QED) is 0.810. The second kappa shape index (κ2) is 6.04. The molecule has 0 spiro atoms. The van der Waals surface area contributed by atoms with Crippen LogP contribution in [-0.4, -0.2) is 15.6 Å². The highest BCUT2D eigenvalue weighted by molar-refractivity contribution is 5.94. The Balaban J connectivity index is 2.71. The van der Waals surface area contributed by atoms with Gasteiger partial charge < -0.3 is 0 Å². The molecule has 4 heteroatoms. The molecule has 0 N–H and O–H groups in total. The lowest BCUT2D eigenvalue weighted by atomic mass is 10.0. The molecule has 0 amide bonds. The molecule has 110 valence electrons. The summed E-state index contributed by atoms with van der Waals surface area (Å²) in [5.74, 6) is -0.223. The van der Waals surface area contributed by atoms with E-state index in [1.807, 2.05) is 39.0 Å². The van der Waals surface area contributed by atoms with Crippen molar-refractivity contribution in [3.05, 3.63) is 51.3 Å². The van der Waals surface area contributed by atoms with Gasteiger partial charge in [0.05, 0.1) is 11.3 Å². The summed E-state index contributed by atoms with van der Waals surface area (Å²) >= 11 is 0. The van der Waals surface area contributed by atoms with E-state index in [-0.39, 0.29) is 16.9 Å². The molecule has 0 aliphatic rings. The molecule has 4 nitrogen and oxygen atoms in total. The maximum absolute atomic E-state index is 12.2. The Morgan fingerprint density at radius 2 is 1.95 bits per heavy atom. The van der Waals surface area contributed by atoms with Gasteiger partial charge in [0.2, 0.25) is 0 Å². The van der Waals surface area contributed by atoms with Gasteiger partial charge in [0.15, 0.2) is 5.78 Å². The molecule has 0 aliphatic heterocycles. The Labute approximate surface area is 124 Å². The van der Waals surface area contributed by atoms with Crippen LogP contribution in [0.1, 0.15) is 41.8 Å². The van der Waals surface area contributed by atoms with Gasteiger partial charge in [-0.25, -0.2) is 4.68 Å². The molecule has 0 saturated carbocycles. The van der Waals surface area contributed by atoms with Gasteiger partial charge in [-0.2, -0.15) is 5.10 Å². The SMILES string of the molecule is CCCn1nc(-c2cc(C)ccc2C)cc(C(C)=O)c1=O. The first-order valence-corrected chi connectivity index (χ1v) is 7.14. The second-order valence-corrected chi connectivity index (χ2v) is 5.35. The minimum absolute atomic E-state index is 0.203. The molecule has 21 heavy (non-hydrogen) atoms. The number of carbonyl (C=O) groups is 1. The normalized spacial score (nSPS) is 10.7. The Kier molecular flexibility index (Phi) is 4.36. The van der Waals surface area contributed by atoms with Gasteiger partial charge in [-0.15, -0.1) is 0 Å². The average molecular weight is 284 g/mol. The van der Waals surface area contributed by atoms with Gasteiger partial charge >= 0.3 is 0 Å². The van der Waals surface area contributed by atoms with Crippen molar-refractivity contribution in [1.82, 2.24) is 9.78 Å². The van der Waals surface area contributed by atoms with E-state index >= 15 is 0 Å². The molecule has 0 aliphatic carbocycles. The molecule has 0 unspecified atom stereocenters. The van der Waals surface area contributed by atoms with E-state index in [0.717, 1.165) is 23.1 Å². The summed E-state index contributed by atoms with van der Waals surface area (Å²) in [5, 5.41) is 4.43. The lowest BCUT2D eigenvalue weighted by Gasteiger charge is -2.11. The van der Waals surface area contributed by atoms with E-state index in [1.54, 1.807) is 6.07 Å². The molecule has 2 aromatic rings. The lowest BCUT2D eigenvalue weighted by Crippen LogP contribution is -2.28. The Morgan fingerprint density at radius 3 is 2.57 bits per heavy atom.